The van der Waals surface area contributed by atoms with Gasteiger partial charge in [0.2, 0.25) is 5.91 Å². The Kier molecular flexibility index (Phi) is 7.12. The Balaban J connectivity index is 1.60. The second-order valence-corrected chi connectivity index (χ2v) is 8.37. The van der Waals surface area contributed by atoms with Gasteiger partial charge in [-0.05, 0) is 51.0 Å². The number of nitrogens with one attached hydrogen (secondary N) is 2. The number of ether oxygens (including phenoxy) is 1. The van der Waals surface area contributed by atoms with Crippen LogP contribution in [0.15, 0.2) is 53.4 Å². The Labute approximate surface area is 170 Å². The van der Waals surface area contributed by atoms with E-state index in [0.29, 0.717) is 17.8 Å². The number of aryl methyl sites for hydroxylation is 1. The molecule has 0 radical (unpaired) electrons. The highest BCUT2D eigenvalue weighted by Gasteiger charge is 2.20. The largest absolute Gasteiger partial charge is 0.376 e. The standard InChI is InChI=1S/C22H26N2O3S/c1-15-9-11-18(12-10-15)28-16(2)21(25)24-20-8-4-3-7-19(20)22(26)23-14-17-6-5-13-27-17/h3-4,7-12,16-17H,5-6,13-14H2,1-2H3,(H,23,26)(H,24,25)/t16-,17+/m1/s1. The van der Waals surface area contributed by atoms with Crippen LogP contribution in [0.5, 0.6) is 0 Å². The van der Waals surface area contributed by atoms with Gasteiger partial charge in [0, 0.05) is 18.0 Å². The summed E-state index contributed by atoms with van der Waals surface area (Å²) in [6.07, 6.45) is 2.08. The maximum Gasteiger partial charge on any atom is 0.253 e. The van der Waals surface area contributed by atoms with E-state index in [4.69, 9.17) is 4.74 Å². The molecule has 1 heterocycles. The first-order valence-corrected chi connectivity index (χ1v) is 10.4. The average molecular weight is 399 g/mol. The topological polar surface area (TPSA) is 67.4 Å². The first-order valence-electron chi connectivity index (χ1n) is 9.56. The van der Waals surface area contributed by atoms with E-state index in [-0.39, 0.29) is 23.2 Å². The van der Waals surface area contributed by atoms with Gasteiger partial charge in [-0.2, -0.15) is 0 Å². The van der Waals surface area contributed by atoms with E-state index >= 15 is 0 Å². The molecule has 28 heavy (non-hydrogen) atoms. The first-order chi connectivity index (χ1) is 13.5. The third-order valence-corrected chi connectivity index (χ3v) is 5.76. The molecule has 2 atom stereocenters. The number of thioether (sulfide) groups is 1. The average Bonchev–Trinajstić information content (AvgIpc) is 3.22. The van der Waals surface area contributed by atoms with Crippen LogP contribution < -0.4 is 10.6 Å². The molecule has 0 bridgehead atoms. The van der Waals surface area contributed by atoms with E-state index in [1.807, 2.05) is 44.2 Å². The van der Waals surface area contributed by atoms with Gasteiger partial charge in [-0.15, -0.1) is 11.8 Å². The van der Waals surface area contributed by atoms with Crippen molar-refractivity contribution in [3.05, 3.63) is 59.7 Å². The van der Waals surface area contributed by atoms with Crippen molar-refractivity contribution in [2.75, 3.05) is 18.5 Å². The molecule has 148 valence electrons. The molecule has 0 aliphatic carbocycles. The van der Waals surface area contributed by atoms with Gasteiger partial charge in [0.05, 0.1) is 22.6 Å². The number of anilines is 1. The lowest BCUT2D eigenvalue weighted by Crippen LogP contribution is -2.32. The highest BCUT2D eigenvalue weighted by atomic mass is 32.2. The molecule has 2 N–H and O–H groups in total. The molecule has 2 aromatic rings. The quantitative estimate of drug-likeness (QED) is 0.691. The second kappa shape index (κ2) is 9.75. The SMILES string of the molecule is Cc1ccc(S[C@H](C)C(=O)Nc2ccccc2C(=O)NC[C@@H]2CCCO2)cc1. The molecular weight excluding hydrogens is 372 g/mol. The molecule has 1 saturated heterocycles. The van der Waals surface area contributed by atoms with Crippen molar-refractivity contribution in [2.45, 2.75) is 42.9 Å². The summed E-state index contributed by atoms with van der Waals surface area (Å²) in [5.41, 5.74) is 2.17. The van der Waals surface area contributed by atoms with Crippen molar-refractivity contribution in [2.24, 2.45) is 0 Å². The molecule has 1 aliphatic rings. The smallest absolute Gasteiger partial charge is 0.253 e. The predicted molar refractivity (Wildman–Crippen MR) is 113 cm³/mol. The zero-order valence-corrected chi connectivity index (χ0v) is 17.1. The van der Waals surface area contributed by atoms with E-state index < -0.39 is 0 Å². The number of rotatable bonds is 7. The molecule has 1 fully saturated rings. The van der Waals surface area contributed by atoms with E-state index in [9.17, 15) is 9.59 Å². The van der Waals surface area contributed by atoms with E-state index in [0.717, 1.165) is 24.3 Å². The Morgan fingerprint density at radius 3 is 2.64 bits per heavy atom. The summed E-state index contributed by atoms with van der Waals surface area (Å²) in [5.74, 6) is -0.338. The first kappa shape index (κ1) is 20.4. The Morgan fingerprint density at radius 1 is 1.18 bits per heavy atom. The number of hydrogen-bond acceptors (Lipinski definition) is 4. The van der Waals surface area contributed by atoms with Crippen molar-refractivity contribution < 1.29 is 14.3 Å². The van der Waals surface area contributed by atoms with Crippen LogP contribution in [-0.4, -0.2) is 36.3 Å². The van der Waals surface area contributed by atoms with E-state index in [2.05, 4.69) is 10.6 Å². The summed E-state index contributed by atoms with van der Waals surface area (Å²) in [7, 11) is 0. The van der Waals surface area contributed by atoms with Gasteiger partial charge >= 0.3 is 0 Å². The molecule has 2 aromatic carbocycles. The van der Waals surface area contributed by atoms with Gasteiger partial charge in [0.15, 0.2) is 0 Å². The molecule has 1 aliphatic heterocycles. The molecule has 0 saturated carbocycles. The van der Waals surface area contributed by atoms with Crippen molar-refractivity contribution in [3.8, 4) is 0 Å². The minimum Gasteiger partial charge on any atom is -0.376 e. The minimum absolute atomic E-state index is 0.0802. The van der Waals surface area contributed by atoms with Crippen LogP contribution >= 0.6 is 11.8 Å². The van der Waals surface area contributed by atoms with Gasteiger partial charge in [0.25, 0.3) is 5.91 Å². The van der Waals surface area contributed by atoms with Crippen LogP contribution in [-0.2, 0) is 9.53 Å². The number of amides is 2. The van der Waals surface area contributed by atoms with Gasteiger partial charge in [0.1, 0.15) is 0 Å². The van der Waals surface area contributed by atoms with Crippen LogP contribution in [0.25, 0.3) is 0 Å². The third kappa shape index (κ3) is 5.59. The maximum atomic E-state index is 12.6. The second-order valence-electron chi connectivity index (χ2n) is 6.95. The van der Waals surface area contributed by atoms with Gasteiger partial charge in [-0.1, -0.05) is 29.8 Å². The molecule has 0 unspecified atom stereocenters. The molecular formula is C22H26N2O3S. The number of carbonyl (C=O) groups is 2. The van der Waals surface area contributed by atoms with E-state index in [1.165, 1.54) is 17.3 Å². The molecule has 0 spiro atoms. The number of para-hydroxylation sites is 1. The zero-order valence-electron chi connectivity index (χ0n) is 16.2. The van der Waals surface area contributed by atoms with Crippen LogP contribution in [0.1, 0.15) is 35.7 Å². The molecule has 6 heteroatoms. The Bertz CT molecular complexity index is 817. The monoisotopic (exact) mass is 398 g/mol. The molecule has 5 nitrogen and oxygen atoms in total. The predicted octanol–water partition coefficient (Wildman–Crippen LogP) is 4.02. The summed E-state index contributed by atoms with van der Waals surface area (Å²) in [6.45, 7) is 5.13. The number of hydrogen-bond donors (Lipinski definition) is 2. The highest BCUT2D eigenvalue weighted by molar-refractivity contribution is 8.00. The molecule has 2 amide bonds. The summed E-state index contributed by atoms with van der Waals surface area (Å²) in [4.78, 5) is 26.3. The lowest BCUT2D eigenvalue weighted by Gasteiger charge is -2.16. The zero-order chi connectivity index (χ0) is 19.9. The lowest BCUT2D eigenvalue weighted by molar-refractivity contribution is -0.115. The minimum atomic E-state index is -0.286. The summed E-state index contributed by atoms with van der Waals surface area (Å²) in [5, 5.41) is 5.52. The molecule has 3 rings (SSSR count). The van der Waals surface area contributed by atoms with Crippen molar-refractivity contribution in [3.63, 3.8) is 0 Å². The van der Waals surface area contributed by atoms with Crippen molar-refractivity contribution in [1.82, 2.24) is 5.32 Å². The van der Waals surface area contributed by atoms with Crippen LogP contribution in [0.3, 0.4) is 0 Å². The van der Waals surface area contributed by atoms with Crippen LogP contribution in [0.4, 0.5) is 5.69 Å². The summed E-state index contributed by atoms with van der Waals surface area (Å²) in [6, 6.07) is 15.2. The third-order valence-electron chi connectivity index (χ3n) is 4.65. The number of carbonyl (C=O) groups excluding carboxylic acids is 2. The summed E-state index contributed by atoms with van der Waals surface area (Å²) >= 11 is 1.49. The Hall–Kier alpha value is -2.31. The Morgan fingerprint density at radius 2 is 1.93 bits per heavy atom. The van der Waals surface area contributed by atoms with Crippen molar-refractivity contribution >= 4 is 29.3 Å². The fourth-order valence-electron chi connectivity index (χ4n) is 3.01. The fourth-order valence-corrected chi connectivity index (χ4v) is 3.87. The fraction of sp³-hybridized carbons (Fsp3) is 0.364. The van der Waals surface area contributed by atoms with Crippen LogP contribution in [0.2, 0.25) is 0 Å². The maximum absolute atomic E-state index is 12.6. The van der Waals surface area contributed by atoms with Gasteiger partial charge < -0.3 is 15.4 Å². The van der Waals surface area contributed by atoms with Crippen molar-refractivity contribution in [1.29, 1.82) is 0 Å². The van der Waals surface area contributed by atoms with Gasteiger partial charge in [-0.25, -0.2) is 0 Å². The normalized spacial score (nSPS) is 17.1. The summed E-state index contributed by atoms with van der Waals surface area (Å²) < 4.78 is 5.54. The number of benzene rings is 2. The highest BCUT2D eigenvalue weighted by Crippen LogP contribution is 2.25. The van der Waals surface area contributed by atoms with Gasteiger partial charge in [-0.3, -0.25) is 9.59 Å². The lowest BCUT2D eigenvalue weighted by atomic mass is 10.1. The van der Waals surface area contributed by atoms with Crippen LogP contribution in [0, 0.1) is 6.92 Å². The van der Waals surface area contributed by atoms with E-state index in [1.54, 1.807) is 18.2 Å². The molecule has 0 aromatic heterocycles.